The molecule has 3 rings (SSSR count). The van der Waals surface area contributed by atoms with E-state index >= 15 is 0 Å². The zero-order valence-electron chi connectivity index (χ0n) is 11.9. The second kappa shape index (κ2) is 7.24. The fourth-order valence-electron chi connectivity index (χ4n) is 1.71. The minimum Gasteiger partial charge on any atom is -0.411 e. The van der Waals surface area contributed by atoms with Gasteiger partial charge in [0.2, 0.25) is 11.8 Å². The molecule has 0 fully saturated rings. The Morgan fingerprint density at radius 2 is 2.22 bits per heavy atom. The molecule has 0 saturated carbocycles. The first-order chi connectivity index (χ1) is 11.1. The van der Waals surface area contributed by atoms with Crippen LogP contribution in [-0.4, -0.2) is 26.8 Å². The van der Waals surface area contributed by atoms with Crippen LogP contribution < -0.4 is 5.32 Å². The Balaban J connectivity index is 1.59. The van der Waals surface area contributed by atoms with Crippen molar-refractivity contribution in [2.24, 2.45) is 0 Å². The number of anilines is 1. The number of hydrogen-bond acceptors (Lipinski definition) is 7. The average Bonchev–Trinajstić information content (AvgIpc) is 3.15. The molecular weight excluding hydrogens is 400 g/mol. The summed E-state index contributed by atoms with van der Waals surface area (Å²) in [5, 5.41) is 11.6. The van der Waals surface area contributed by atoms with E-state index in [9.17, 15) is 4.79 Å². The second-order valence-electron chi connectivity index (χ2n) is 4.47. The molecule has 2 aromatic heterocycles. The number of halogens is 1. The van der Waals surface area contributed by atoms with E-state index in [-0.39, 0.29) is 11.7 Å². The average molecular weight is 411 g/mol. The number of thioether (sulfide) groups is 1. The van der Waals surface area contributed by atoms with Crippen LogP contribution >= 0.6 is 39.0 Å². The van der Waals surface area contributed by atoms with Crippen LogP contribution in [-0.2, 0) is 4.79 Å². The number of nitrogens with zero attached hydrogens (tertiary/aromatic N) is 3. The Morgan fingerprint density at radius 3 is 2.96 bits per heavy atom. The molecule has 118 valence electrons. The first-order valence-corrected chi connectivity index (χ1v) is 9.15. The van der Waals surface area contributed by atoms with Gasteiger partial charge in [-0.1, -0.05) is 23.9 Å². The van der Waals surface area contributed by atoms with Gasteiger partial charge >= 0.3 is 0 Å². The molecule has 0 aliphatic heterocycles. The van der Waals surface area contributed by atoms with Crippen molar-refractivity contribution in [3.63, 3.8) is 0 Å². The first-order valence-electron chi connectivity index (χ1n) is 6.55. The maximum atomic E-state index is 11.9. The topological polar surface area (TPSA) is 80.9 Å². The number of nitrogens with one attached hydrogen (secondary N) is 1. The van der Waals surface area contributed by atoms with Gasteiger partial charge in [0.1, 0.15) is 0 Å². The van der Waals surface area contributed by atoms with Gasteiger partial charge in [-0.2, -0.15) is 0 Å². The molecule has 0 unspecified atom stereocenters. The number of carbonyl (C=O) groups excluding carboxylic acids is 1. The molecule has 3 aromatic rings. The number of hydrogen-bond donors (Lipinski definition) is 1. The molecular formula is C14H11BrN4O2S2. The molecule has 9 heteroatoms. The van der Waals surface area contributed by atoms with E-state index in [0.29, 0.717) is 16.2 Å². The highest BCUT2D eigenvalue weighted by Gasteiger charge is 2.13. The van der Waals surface area contributed by atoms with Crippen molar-refractivity contribution in [1.82, 2.24) is 15.2 Å². The lowest BCUT2D eigenvalue weighted by molar-refractivity contribution is -0.113. The van der Waals surface area contributed by atoms with Crippen LogP contribution in [0, 0.1) is 6.92 Å². The highest BCUT2D eigenvalue weighted by atomic mass is 79.9. The molecule has 0 spiro atoms. The molecule has 1 amide bonds. The van der Waals surface area contributed by atoms with Crippen LogP contribution in [0.3, 0.4) is 0 Å². The Bertz CT molecular complexity index is 834. The summed E-state index contributed by atoms with van der Waals surface area (Å²) in [6.07, 6.45) is 1.72. The molecule has 2 heterocycles. The normalized spacial score (nSPS) is 10.7. The van der Waals surface area contributed by atoms with Crippen molar-refractivity contribution in [3.8, 4) is 11.5 Å². The van der Waals surface area contributed by atoms with Crippen LogP contribution in [0.5, 0.6) is 0 Å². The minimum absolute atomic E-state index is 0.162. The summed E-state index contributed by atoms with van der Waals surface area (Å²) in [6, 6.07) is 7.57. The lowest BCUT2D eigenvalue weighted by Gasteiger charge is -1.99. The Labute approximate surface area is 148 Å². The largest absolute Gasteiger partial charge is 0.411 e. The van der Waals surface area contributed by atoms with Crippen molar-refractivity contribution in [1.29, 1.82) is 0 Å². The Hall–Kier alpha value is -1.71. The molecule has 1 N–H and O–H groups in total. The fourth-order valence-corrected chi connectivity index (χ4v) is 3.40. The van der Waals surface area contributed by atoms with Crippen LogP contribution in [0.15, 0.2) is 44.6 Å². The Morgan fingerprint density at radius 1 is 1.39 bits per heavy atom. The Kier molecular flexibility index (Phi) is 5.09. The molecule has 0 atom stereocenters. The van der Waals surface area contributed by atoms with Gasteiger partial charge in [0.15, 0.2) is 5.13 Å². The lowest BCUT2D eigenvalue weighted by atomic mass is 10.2. The number of thiazole rings is 1. The molecule has 0 bridgehead atoms. The minimum atomic E-state index is -0.162. The molecule has 6 nitrogen and oxygen atoms in total. The van der Waals surface area contributed by atoms with Gasteiger partial charge in [-0.25, -0.2) is 4.98 Å². The molecule has 0 radical (unpaired) electrons. The van der Waals surface area contributed by atoms with E-state index in [1.54, 1.807) is 6.20 Å². The van der Waals surface area contributed by atoms with Gasteiger partial charge in [-0.3, -0.25) is 4.79 Å². The molecule has 0 saturated heterocycles. The van der Waals surface area contributed by atoms with Gasteiger partial charge in [0.05, 0.1) is 11.3 Å². The highest BCUT2D eigenvalue weighted by molar-refractivity contribution is 9.10. The smallest absolute Gasteiger partial charge is 0.277 e. The predicted octanol–water partition coefficient (Wildman–Crippen LogP) is 3.99. The van der Waals surface area contributed by atoms with Gasteiger partial charge in [-0.05, 0) is 35.0 Å². The van der Waals surface area contributed by atoms with E-state index in [1.165, 1.54) is 23.1 Å². The number of aromatic nitrogens is 3. The third-order valence-electron chi connectivity index (χ3n) is 2.71. The van der Waals surface area contributed by atoms with E-state index < -0.39 is 0 Å². The number of rotatable bonds is 5. The third-order valence-corrected chi connectivity index (χ3v) is 5.04. The van der Waals surface area contributed by atoms with Gasteiger partial charge in [0.25, 0.3) is 5.22 Å². The molecule has 0 aliphatic carbocycles. The quantitative estimate of drug-likeness (QED) is 0.640. The zero-order chi connectivity index (χ0) is 16.2. The highest BCUT2D eigenvalue weighted by Crippen LogP contribution is 2.29. The lowest BCUT2D eigenvalue weighted by Crippen LogP contribution is -2.13. The zero-order valence-corrected chi connectivity index (χ0v) is 15.2. The fraction of sp³-hybridized carbons (Fsp3) is 0.143. The number of aryl methyl sites for hydroxylation is 1. The van der Waals surface area contributed by atoms with Crippen LogP contribution in [0.1, 0.15) is 4.88 Å². The summed E-state index contributed by atoms with van der Waals surface area (Å²) < 4.78 is 6.45. The third kappa shape index (κ3) is 4.18. The molecule has 23 heavy (non-hydrogen) atoms. The van der Waals surface area contributed by atoms with Crippen molar-refractivity contribution >= 4 is 50.1 Å². The summed E-state index contributed by atoms with van der Waals surface area (Å²) in [5.41, 5.74) is 0.814. The van der Waals surface area contributed by atoms with Crippen molar-refractivity contribution in [2.75, 3.05) is 11.1 Å². The van der Waals surface area contributed by atoms with E-state index in [2.05, 4.69) is 36.4 Å². The summed E-state index contributed by atoms with van der Waals surface area (Å²) >= 11 is 6.06. The maximum absolute atomic E-state index is 11.9. The van der Waals surface area contributed by atoms with Crippen molar-refractivity contribution in [2.45, 2.75) is 12.1 Å². The van der Waals surface area contributed by atoms with Gasteiger partial charge in [-0.15, -0.1) is 21.5 Å². The monoisotopic (exact) mass is 410 g/mol. The van der Waals surface area contributed by atoms with Crippen LogP contribution in [0.25, 0.3) is 11.5 Å². The molecule has 1 aromatic carbocycles. The van der Waals surface area contributed by atoms with Gasteiger partial charge < -0.3 is 9.73 Å². The SMILES string of the molecule is Cc1cnc(NC(=O)CSc2nnc(-c3ccccc3Br)o2)s1. The van der Waals surface area contributed by atoms with Crippen molar-refractivity contribution in [3.05, 3.63) is 39.8 Å². The second-order valence-corrected chi connectivity index (χ2v) is 7.48. The van der Waals surface area contributed by atoms with E-state index in [0.717, 1.165) is 14.9 Å². The summed E-state index contributed by atoms with van der Waals surface area (Å²) in [6.45, 7) is 1.93. The predicted molar refractivity (Wildman–Crippen MR) is 93.6 cm³/mol. The summed E-state index contributed by atoms with van der Waals surface area (Å²) in [7, 11) is 0. The number of carbonyl (C=O) groups is 1. The van der Waals surface area contributed by atoms with E-state index in [1.807, 2.05) is 31.2 Å². The first kappa shape index (κ1) is 16.2. The van der Waals surface area contributed by atoms with Gasteiger partial charge in [0, 0.05) is 15.5 Å². The molecule has 0 aliphatic rings. The van der Waals surface area contributed by atoms with E-state index in [4.69, 9.17) is 4.42 Å². The van der Waals surface area contributed by atoms with Crippen molar-refractivity contribution < 1.29 is 9.21 Å². The van der Waals surface area contributed by atoms with Crippen LogP contribution in [0.2, 0.25) is 0 Å². The standard InChI is InChI=1S/C14H11BrN4O2S2/c1-8-6-16-13(23-8)17-11(20)7-22-14-19-18-12(21-14)9-4-2-3-5-10(9)15/h2-6H,7H2,1H3,(H,16,17,20). The number of benzene rings is 1. The van der Waals surface area contributed by atoms with Crippen LogP contribution in [0.4, 0.5) is 5.13 Å². The summed E-state index contributed by atoms with van der Waals surface area (Å²) in [4.78, 5) is 17.0. The number of amides is 1. The summed E-state index contributed by atoms with van der Waals surface area (Å²) in [5.74, 6) is 0.428. The maximum Gasteiger partial charge on any atom is 0.277 e.